The average Bonchev–Trinajstić information content (AvgIpc) is 2.62. The summed E-state index contributed by atoms with van der Waals surface area (Å²) >= 11 is 5.88. The molecule has 3 rings (SSSR count). The topological polar surface area (TPSA) is 48.1 Å². The summed E-state index contributed by atoms with van der Waals surface area (Å²) < 4.78 is 44.4. The number of nitrogens with two attached hydrogens (primary N) is 1. The van der Waals surface area contributed by atoms with Crippen LogP contribution in [0.25, 0.3) is 11.1 Å². The van der Waals surface area contributed by atoms with E-state index in [0.717, 1.165) is 17.2 Å². The van der Waals surface area contributed by atoms with Gasteiger partial charge in [-0.3, -0.25) is 0 Å². The molecule has 2 N–H and O–H groups in total. The van der Waals surface area contributed by atoms with E-state index in [1.165, 1.54) is 12.1 Å². The monoisotopic (exact) mass is 378 g/mol. The summed E-state index contributed by atoms with van der Waals surface area (Å²) in [5.41, 5.74) is 6.84. The Morgan fingerprint density at radius 1 is 1.00 bits per heavy atom. The molecule has 3 aromatic rings. The van der Waals surface area contributed by atoms with Gasteiger partial charge in [-0.1, -0.05) is 54.1 Å². The van der Waals surface area contributed by atoms with Crippen molar-refractivity contribution in [1.29, 1.82) is 0 Å². The van der Waals surface area contributed by atoms with Gasteiger partial charge >= 0.3 is 6.18 Å². The van der Waals surface area contributed by atoms with Gasteiger partial charge in [0.1, 0.15) is 6.61 Å². The molecule has 26 heavy (non-hydrogen) atoms. The van der Waals surface area contributed by atoms with Gasteiger partial charge in [0.15, 0.2) is 11.6 Å². The predicted octanol–water partition coefficient (Wildman–Crippen LogP) is 5.58. The lowest BCUT2D eigenvalue weighted by Crippen LogP contribution is -2.08. The molecule has 2 aromatic carbocycles. The van der Waals surface area contributed by atoms with Crippen LogP contribution in [0.3, 0.4) is 0 Å². The Hall–Kier alpha value is -2.73. The van der Waals surface area contributed by atoms with Crippen LogP contribution in [0.5, 0.6) is 5.75 Å². The third-order valence-corrected chi connectivity index (χ3v) is 4.20. The molecule has 7 heteroatoms. The third kappa shape index (κ3) is 3.91. The Morgan fingerprint density at radius 2 is 1.73 bits per heavy atom. The molecule has 0 saturated carbocycles. The van der Waals surface area contributed by atoms with Crippen molar-refractivity contribution in [3.8, 4) is 16.9 Å². The van der Waals surface area contributed by atoms with Crippen molar-refractivity contribution >= 4 is 17.4 Å². The largest absolute Gasteiger partial charge is 0.485 e. The molecule has 0 radical (unpaired) electrons. The number of aromatic nitrogens is 1. The van der Waals surface area contributed by atoms with Gasteiger partial charge in [0.25, 0.3) is 0 Å². The maximum absolute atomic E-state index is 12.9. The van der Waals surface area contributed by atoms with E-state index in [4.69, 9.17) is 22.1 Å². The zero-order valence-corrected chi connectivity index (χ0v) is 14.2. The number of rotatable bonds is 4. The summed E-state index contributed by atoms with van der Waals surface area (Å²) in [6.07, 6.45) is -2.92. The highest BCUT2D eigenvalue weighted by Crippen LogP contribution is 2.36. The number of anilines is 1. The van der Waals surface area contributed by atoms with Crippen LogP contribution in [0.4, 0.5) is 19.0 Å². The van der Waals surface area contributed by atoms with Crippen LogP contribution in [0, 0.1) is 0 Å². The van der Waals surface area contributed by atoms with E-state index in [-0.39, 0.29) is 28.8 Å². The Bertz CT molecular complexity index is 914. The number of alkyl halides is 3. The smallest absolute Gasteiger partial charge is 0.417 e. The summed E-state index contributed by atoms with van der Waals surface area (Å²) in [5, 5.41) is -0.384. The van der Waals surface area contributed by atoms with Crippen LogP contribution in [-0.2, 0) is 12.8 Å². The number of nitrogen functional groups attached to an aromatic ring is 1. The van der Waals surface area contributed by atoms with Gasteiger partial charge in [0, 0.05) is 17.3 Å². The van der Waals surface area contributed by atoms with Crippen molar-refractivity contribution in [2.75, 3.05) is 5.73 Å². The van der Waals surface area contributed by atoms with Gasteiger partial charge in [0.2, 0.25) is 0 Å². The highest BCUT2D eigenvalue weighted by atomic mass is 35.5. The van der Waals surface area contributed by atoms with Gasteiger partial charge in [-0.25, -0.2) is 4.98 Å². The van der Waals surface area contributed by atoms with Crippen molar-refractivity contribution in [1.82, 2.24) is 4.98 Å². The molecule has 0 unspecified atom stereocenters. The molecule has 0 aliphatic rings. The second kappa shape index (κ2) is 7.25. The second-order valence-corrected chi connectivity index (χ2v) is 5.92. The molecule has 3 nitrogen and oxygen atoms in total. The summed E-state index contributed by atoms with van der Waals surface area (Å²) in [6, 6.07) is 14.8. The van der Waals surface area contributed by atoms with Crippen molar-refractivity contribution in [2.45, 2.75) is 12.8 Å². The number of hydrogen-bond acceptors (Lipinski definition) is 3. The van der Waals surface area contributed by atoms with Crippen LogP contribution >= 0.6 is 11.6 Å². The highest BCUT2D eigenvalue weighted by Gasteiger charge is 2.33. The van der Waals surface area contributed by atoms with E-state index >= 15 is 0 Å². The lowest BCUT2D eigenvalue weighted by molar-refractivity contribution is -0.137. The van der Waals surface area contributed by atoms with E-state index in [2.05, 4.69) is 4.98 Å². The van der Waals surface area contributed by atoms with Crippen LogP contribution in [0.15, 0.2) is 60.8 Å². The summed E-state index contributed by atoms with van der Waals surface area (Å²) in [5.74, 6) is 0.424. The fraction of sp³-hybridized carbons (Fsp3) is 0.105. The molecular formula is C19H14ClF3N2O. The van der Waals surface area contributed by atoms with Crippen molar-refractivity contribution in [2.24, 2.45) is 0 Å². The number of pyridine rings is 1. The van der Waals surface area contributed by atoms with E-state index in [9.17, 15) is 13.2 Å². The first-order chi connectivity index (χ1) is 12.4. The minimum absolute atomic E-state index is 0.146. The number of ether oxygens (including phenoxy) is 1. The molecule has 0 aliphatic heterocycles. The van der Waals surface area contributed by atoms with Gasteiger partial charge < -0.3 is 10.5 Å². The van der Waals surface area contributed by atoms with Crippen molar-refractivity contribution < 1.29 is 17.9 Å². The molecule has 0 fully saturated rings. The Balaban J connectivity index is 1.85. The standard InChI is InChI=1S/C19H14ClF3N2O/c20-17-13(7-4-8-15(17)19(21,22)23)11-26-16-9-14(10-25-18(16)24)12-5-2-1-3-6-12/h1-10H,11H2,(H2,24,25). The molecule has 1 heterocycles. The van der Waals surface area contributed by atoms with Crippen LogP contribution < -0.4 is 10.5 Å². The van der Waals surface area contributed by atoms with Crippen molar-refractivity contribution in [3.05, 3.63) is 76.9 Å². The third-order valence-electron chi connectivity index (χ3n) is 3.76. The number of halogens is 4. The Kier molecular flexibility index (Phi) is 5.04. The summed E-state index contributed by atoms with van der Waals surface area (Å²) in [7, 11) is 0. The van der Waals surface area contributed by atoms with E-state index in [1.54, 1.807) is 12.3 Å². The molecule has 0 amide bonds. The predicted molar refractivity (Wildman–Crippen MR) is 94.9 cm³/mol. The quantitative estimate of drug-likeness (QED) is 0.644. The number of hydrogen-bond donors (Lipinski definition) is 1. The van der Waals surface area contributed by atoms with Crippen LogP contribution in [0.2, 0.25) is 5.02 Å². The van der Waals surface area contributed by atoms with Crippen LogP contribution in [0.1, 0.15) is 11.1 Å². The number of nitrogens with zero attached hydrogens (tertiary/aromatic N) is 1. The van der Waals surface area contributed by atoms with E-state index in [0.29, 0.717) is 0 Å². The lowest BCUT2D eigenvalue weighted by Gasteiger charge is -2.14. The molecular weight excluding hydrogens is 365 g/mol. The fourth-order valence-electron chi connectivity index (χ4n) is 2.42. The number of benzene rings is 2. The van der Waals surface area contributed by atoms with Crippen LogP contribution in [-0.4, -0.2) is 4.98 Å². The van der Waals surface area contributed by atoms with Crippen molar-refractivity contribution in [3.63, 3.8) is 0 Å². The first-order valence-electron chi connectivity index (χ1n) is 7.64. The highest BCUT2D eigenvalue weighted by molar-refractivity contribution is 6.32. The van der Waals surface area contributed by atoms with E-state index in [1.807, 2.05) is 30.3 Å². The zero-order chi connectivity index (χ0) is 18.7. The summed E-state index contributed by atoms with van der Waals surface area (Å²) in [4.78, 5) is 4.09. The maximum Gasteiger partial charge on any atom is 0.417 e. The van der Waals surface area contributed by atoms with E-state index < -0.39 is 11.7 Å². The average molecular weight is 379 g/mol. The van der Waals surface area contributed by atoms with Gasteiger partial charge in [0.05, 0.1) is 10.6 Å². The van der Waals surface area contributed by atoms with Gasteiger partial charge in [-0.05, 0) is 17.7 Å². The lowest BCUT2D eigenvalue weighted by atomic mass is 10.1. The normalized spacial score (nSPS) is 11.4. The molecule has 0 aliphatic carbocycles. The molecule has 0 spiro atoms. The first-order valence-corrected chi connectivity index (χ1v) is 8.02. The molecule has 1 aromatic heterocycles. The first kappa shape index (κ1) is 18.1. The molecule has 0 saturated heterocycles. The SMILES string of the molecule is Nc1ncc(-c2ccccc2)cc1OCc1cccc(C(F)(F)F)c1Cl. The minimum atomic E-state index is -4.53. The molecule has 0 bridgehead atoms. The maximum atomic E-state index is 12.9. The Labute approximate surface area is 153 Å². The van der Waals surface area contributed by atoms with Gasteiger partial charge in [-0.15, -0.1) is 0 Å². The second-order valence-electron chi connectivity index (χ2n) is 5.54. The minimum Gasteiger partial charge on any atom is -0.485 e. The Morgan fingerprint density at radius 3 is 2.42 bits per heavy atom. The molecule has 134 valence electrons. The zero-order valence-electron chi connectivity index (χ0n) is 13.4. The fourth-order valence-corrected chi connectivity index (χ4v) is 2.71. The molecule has 0 atom stereocenters. The van der Waals surface area contributed by atoms with Gasteiger partial charge in [-0.2, -0.15) is 13.2 Å². The summed E-state index contributed by atoms with van der Waals surface area (Å²) in [6.45, 7) is -0.160.